The molecule has 3 N–H and O–H groups in total. The summed E-state index contributed by atoms with van der Waals surface area (Å²) < 4.78 is 4.74. The summed E-state index contributed by atoms with van der Waals surface area (Å²) in [6, 6.07) is 7.80. The van der Waals surface area contributed by atoms with Gasteiger partial charge in [0, 0.05) is 23.6 Å². The summed E-state index contributed by atoms with van der Waals surface area (Å²) in [5.74, 6) is -0.701. The molecule has 1 atom stereocenters. The standard InChI is InChI=1S/C12H14N2O2/c1-16-12(15)9(6-13)10-7-14-11-5-3-2-4-8(10)11/h2-5,7,9,14H,6,13H2,1H3/t9-/m0/s1. The van der Waals surface area contributed by atoms with Gasteiger partial charge in [0.15, 0.2) is 0 Å². The minimum absolute atomic E-state index is 0.245. The molecular weight excluding hydrogens is 204 g/mol. The van der Waals surface area contributed by atoms with E-state index in [1.165, 1.54) is 7.11 Å². The van der Waals surface area contributed by atoms with Gasteiger partial charge >= 0.3 is 5.97 Å². The third kappa shape index (κ3) is 1.67. The van der Waals surface area contributed by atoms with Crippen molar-refractivity contribution in [2.45, 2.75) is 5.92 Å². The van der Waals surface area contributed by atoms with Gasteiger partial charge in [0.1, 0.15) is 0 Å². The highest BCUT2D eigenvalue weighted by molar-refractivity contribution is 5.90. The van der Waals surface area contributed by atoms with Crippen molar-refractivity contribution >= 4 is 16.9 Å². The van der Waals surface area contributed by atoms with Crippen LogP contribution in [0.15, 0.2) is 30.5 Å². The number of hydrogen-bond donors (Lipinski definition) is 2. The summed E-state index contributed by atoms with van der Waals surface area (Å²) in [5.41, 5.74) is 7.51. The van der Waals surface area contributed by atoms with Crippen molar-refractivity contribution in [1.82, 2.24) is 4.98 Å². The Hall–Kier alpha value is -1.81. The predicted octanol–water partition coefficient (Wildman–Crippen LogP) is 1.38. The Kier molecular flexibility index (Phi) is 2.92. The van der Waals surface area contributed by atoms with Crippen LogP contribution in [0.4, 0.5) is 0 Å². The Morgan fingerprint density at radius 3 is 2.94 bits per heavy atom. The topological polar surface area (TPSA) is 68.1 Å². The van der Waals surface area contributed by atoms with E-state index in [0.29, 0.717) is 0 Å². The number of nitrogens with two attached hydrogens (primary N) is 1. The smallest absolute Gasteiger partial charge is 0.314 e. The molecule has 2 rings (SSSR count). The van der Waals surface area contributed by atoms with Gasteiger partial charge in [0.05, 0.1) is 13.0 Å². The molecule has 0 amide bonds. The molecule has 16 heavy (non-hydrogen) atoms. The third-order valence-corrected chi connectivity index (χ3v) is 2.72. The van der Waals surface area contributed by atoms with Crippen LogP contribution in [-0.4, -0.2) is 24.6 Å². The van der Waals surface area contributed by atoms with Gasteiger partial charge in [-0.1, -0.05) is 18.2 Å². The number of rotatable bonds is 3. The summed E-state index contributed by atoms with van der Waals surface area (Å²) in [7, 11) is 1.37. The van der Waals surface area contributed by atoms with E-state index in [1.54, 1.807) is 0 Å². The molecule has 4 nitrogen and oxygen atoms in total. The van der Waals surface area contributed by atoms with Crippen molar-refractivity contribution in [1.29, 1.82) is 0 Å². The molecule has 84 valence electrons. The lowest BCUT2D eigenvalue weighted by Gasteiger charge is -2.11. The quantitative estimate of drug-likeness (QED) is 0.765. The minimum Gasteiger partial charge on any atom is -0.469 e. The number of para-hydroxylation sites is 1. The van der Waals surface area contributed by atoms with Crippen molar-refractivity contribution in [2.75, 3.05) is 13.7 Å². The first-order chi connectivity index (χ1) is 7.77. The number of aromatic nitrogens is 1. The molecule has 1 aromatic carbocycles. The van der Waals surface area contributed by atoms with Gasteiger partial charge in [-0.05, 0) is 11.6 Å². The molecule has 0 bridgehead atoms. The highest BCUT2D eigenvalue weighted by atomic mass is 16.5. The Balaban J connectivity index is 2.49. The second-order valence-electron chi connectivity index (χ2n) is 3.60. The average Bonchev–Trinajstić information content (AvgIpc) is 2.74. The Labute approximate surface area is 93.4 Å². The highest BCUT2D eigenvalue weighted by Gasteiger charge is 2.22. The van der Waals surface area contributed by atoms with Crippen molar-refractivity contribution in [3.05, 3.63) is 36.0 Å². The zero-order valence-electron chi connectivity index (χ0n) is 9.07. The number of ether oxygens (including phenoxy) is 1. The fourth-order valence-electron chi connectivity index (χ4n) is 1.87. The van der Waals surface area contributed by atoms with Crippen LogP contribution < -0.4 is 5.73 Å². The SMILES string of the molecule is COC(=O)[C@@H](CN)c1c[nH]c2ccccc12. The minimum atomic E-state index is -0.402. The molecule has 0 saturated carbocycles. The number of benzene rings is 1. The molecule has 0 aliphatic rings. The summed E-state index contributed by atoms with van der Waals surface area (Å²) >= 11 is 0. The largest absolute Gasteiger partial charge is 0.469 e. The molecule has 0 aliphatic heterocycles. The molecule has 0 unspecified atom stereocenters. The van der Waals surface area contributed by atoms with Crippen LogP contribution in [0, 0.1) is 0 Å². The van der Waals surface area contributed by atoms with Gasteiger partial charge in [-0.15, -0.1) is 0 Å². The van der Waals surface area contributed by atoms with Crippen LogP contribution in [0.5, 0.6) is 0 Å². The summed E-state index contributed by atoms with van der Waals surface area (Å²) in [4.78, 5) is 14.7. The Bertz CT molecular complexity index is 504. The van der Waals surface area contributed by atoms with E-state index in [2.05, 4.69) is 4.98 Å². The van der Waals surface area contributed by atoms with Gasteiger partial charge < -0.3 is 15.5 Å². The summed E-state index contributed by atoms with van der Waals surface area (Å²) in [5, 5.41) is 1.02. The maximum atomic E-state index is 11.6. The van der Waals surface area contributed by atoms with Crippen molar-refractivity contribution in [3.63, 3.8) is 0 Å². The van der Waals surface area contributed by atoms with Crippen LogP contribution in [0.1, 0.15) is 11.5 Å². The predicted molar refractivity (Wildman–Crippen MR) is 62.1 cm³/mol. The van der Waals surface area contributed by atoms with Gasteiger partial charge in [-0.25, -0.2) is 0 Å². The first-order valence-corrected chi connectivity index (χ1v) is 5.12. The van der Waals surface area contributed by atoms with E-state index in [9.17, 15) is 4.79 Å². The number of nitrogens with one attached hydrogen (secondary N) is 1. The maximum absolute atomic E-state index is 11.6. The van der Waals surface area contributed by atoms with Crippen LogP contribution in [0.25, 0.3) is 10.9 Å². The Morgan fingerprint density at radius 1 is 1.50 bits per heavy atom. The van der Waals surface area contributed by atoms with E-state index in [1.807, 2.05) is 30.5 Å². The van der Waals surface area contributed by atoms with Gasteiger partial charge in [-0.3, -0.25) is 4.79 Å². The zero-order chi connectivity index (χ0) is 11.5. The third-order valence-electron chi connectivity index (χ3n) is 2.72. The first kappa shape index (κ1) is 10.7. The van der Waals surface area contributed by atoms with Crippen LogP contribution in [0.3, 0.4) is 0 Å². The molecule has 2 aromatic rings. The number of fused-ring (bicyclic) bond motifs is 1. The fourth-order valence-corrected chi connectivity index (χ4v) is 1.87. The normalized spacial score (nSPS) is 12.6. The number of methoxy groups -OCH3 is 1. The first-order valence-electron chi connectivity index (χ1n) is 5.12. The highest BCUT2D eigenvalue weighted by Crippen LogP contribution is 2.25. The molecule has 4 heteroatoms. The van der Waals surface area contributed by atoms with E-state index in [-0.39, 0.29) is 12.5 Å². The zero-order valence-corrected chi connectivity index (χ0v) is 9.07. The van der Waals surface area contributed by atoms with Crippen LogP contribution >= 0.6 is 0 Å². The number of hydrogen-bond acceptors (Lipinski definition) is 3. The molecule has 1 aromatic heterocycles. The van der Waals surface area contributed by atoms with E-state index < -0.39 is 5.92 Å². The fraction of sp³-hybridized carbons (Fsp3) is 0.250. The lowest BCUT2D eigenvalue weighted by molar-refractivity contribution is -0.142. The van der Waals surface area contributed by atoms with E-state index >= 15 is 0 Å². The second-order valence-corrected chi connectivity index (χ2v) is 3.60. The van der Waals surface area contributed by atoms with Crippen molar-refractivity contribution < 1.29 is 9.53 Å². The summed E-state index contributed by atoms with van der Waals surface area (Å²) in [6.07, 6.45) is 1.82. The molecule has 1 heterocycles. The van der Waals surface area contributed by atoms with Crippen molar-refractivity contribution in [2.24, 2.45) is 5.73 Å². The molecule has 0 spiro atoms. The number of H-pyrrole nitrogens is 1. The van der Waals surface area contributed by atoms with E-state index in [4.69, 9.17) is 10.5 Å². The number of carbonyl (C=O) groups excluding carboxylic acids is 1. The van der Waals surface area contributed by atoms with Crippen molar-refractivity contribution in [3.8, 4) is 0 Å². The second kappa shape index (κ2) is 4.37. The van der Waals surface area contributed by atoms with Gasteiger partial charge in [0.2, 0.25) is 0 Å². The van der Waals surface area contributed by atoms with Crippen LogP contribution in [0.2, 0.25) is 0 Å². The monoisotopic (exact) mass is 218 g/mol. The molecule has 0 aliphatic carbocycles. The summed E-state index contributed by atoms with van der Waals surface area (Å²) in [6.45, 7) is 0.245. The lowest BCUT2D eigenvalue weighted by atomic mass is 9.99. The Morgan fingerprint density at radius 2 is 2.25 bits per heavy atom. The van der Waals surface area contributed by atoms with Crippen LogP contribution in [-0.2, 0) is 9.53 Å². The molecular formula is C12H14N2O2. The molecule has 0 radical (unpaired) electrons. The van der Waals surface area contributed by atoms with Gasteiger partial charge in [0.25, 0.3) is 0 Å². The maximum Gasteiger partial charge on any atom is 0.314 e. The molecule has 0 saturated heterocycles. The van der Waals surface area contributed by atoms with Gasteiger partial charge in [-0.2, -0.15) is 0 Å². The number of carbonyl (C=O) groups is 1. The number of aromatic amines is 1. The average molecular weight is 218 g/mol. The van der Waals surface area contributed by atoms with E-state index in [0.717, 1.165) is 16.5 Å². The lowest BCUT2D eigenvalue weighted by Crippen LogP contribution is -2.22. The molecule has 0 fully saturated rings. The number of esters is 1.